The minimum Gasteiger partial charge on any atom is -0.481 e. The molecule has 3 N–H and O–H groups in total. The van der Waals surface area contributed by atoms with Crippen molar-refractivity contribution in [2.24, 2.45) is 16.6 Å². The predicted molar refractivity (Wildman–Crippen MR) is 49.3 cm³/mol. The number of hydrogen-bond acceptors (Lipinski definition) is 2. The van der Waals surface area contributed by atoms with Crippen molar-refractivity contribution in [1.82, 2.24) is 0 Å². The zero-order chi connectivity index (χ0) is 10.4. The highest BCUT2D eigenvalue weighted by molar-refractivity contribution is 5.86. The summed E-state index contributed by atoms with van der Waals surface area (Å²) in [7, 11) is 0. The summed E-state index contributed by atoms with van der Waals surface area (Å²) in [5.41, 5.74) is 4.04. The molecule has 0 aromatic rings. The van der Waals surface area contributed by atoms with Gasteiger partial charge in [-0.25, -0.2) is 0 Å². The van der Waals surface area contributed by atoms with Gasteiger partial charge in [0.15, 0.2) is 0 Å². The highest BCUT2D eigenvalue weighted by Crippen LogP contribution is 2.52. The summed E-state index contributed by atoms with van der Waals surface area (Å²) in [6, 6.07) is 0. The van der Waals surface area contributed by atoms with E-state index in [1.165, 1.54) is 0 Å². The van der Waals surface area contributed by atoms with Crippen LogP contribution in [0, 0.1) is 10.8 Å². The second kappa shape index (κ2) is 2.59. The smallest absolute Gasteiger partial charge is 0.313 e. The lowest BCUT2D eigenvalue weighted by molar-refractivity contribution is -0.151. The molecular formula is C10H13NO3. The quantitative estimate of drug-likeness (QED) is 0.635. The van der Waals surface area contributed by atoms with E-state index in [1.807, 2.05) is 0 Å². The Bertz CT molecular complexity index is 292. The Labute approximate surface area is 81.8 Å². The van der Waals surface area contributed by atoms with Gasteiger partial charge < -0.3 is 10.8 Å². The Morgan fingerprint density at radius 3 is 1.79 bits per heavy atom. The maximum Gasteiger partial charge on any atom is 0.313 e. The molecular weight excluding hydrogens is 182 g/mol. The van der Waals surface area contributed by atoms with Crippen LogP contribution in [0.1, 0.15) is 25.7 Å². The molecule has 0 aromatic carbocycles. The van der Waals surface area contributed by atoms with Crippen molar-refractivity contribution >= 4 is 11.9 Å². The summed E-state index contributed by atoms with van der Waals surface area (Å²) >= 11 is 0. The molecule has 0 spiro atoms. The lowest BCUT2D eigenvalue weighted by atomic mass is 9.58. The predicted octanol–water partition coefficient (Wildman–Crippen LogP) is 0.673. The topological polar surface area (TPSA) is 80.4 Å². The van der Waals surface area contributed by atoms with E-state index in [-0.39, 0.29) is 5.91 Å². The van der Waals surface area contributed by atoms with Crippen LogP contribution in [0.2, 0.25) is 0 Å². The van der Waals surface area contributed by atoms with E-state index >= 15 is 0 Å². The molecule has 0 aromatic heterocycles. The Kier molecular flexibility index (Phi) is 1.71. The summed E-state index contributed by atoms with van der Waals surface area (Å²) in [4.78, 5) is 22.3. The van der Waals surface area contributed by atoms with Gasteiger partial charge in [0.2, 0.25) is 5.91 Å². The Morgan fingerprint density at radius 2 is 1.50 bits per heavy atom. The number of carbonyl (C=O) groups excluding carboxylic acids is 1. The van der Waals surface area contributed by atoms with Crippen LogP contribution in [0.4, 0.5) is 0 Å². The number of hydrogen-bond donors (Lipinski definition) is 2. The number of aliphatic carboxylic acids is 1. The molecule has 1 saturated carbocycles. The highest BCUT2D eigenvalue weighted by atomic mass is 16.4. The number of rotatable bonds is 2. The number of carboxylic acids is 1. The Hall–Kier alpha value is -1.32. The third kappa shape index (κ3) is 0.997. The van der Waals surface area contributed by atoms with Crippen LogP contribution in [-0.4, -0.2) is 17.0 Å². The second-order valence-corrected chi connectivity index (χ2v) is 4.32. The minimum atomic E-state index is -0.786. The molecule has 3 aliphatic carbocycles. The van der Waals surface area contributed by atoms with E-state index in [0.717, 1.165) is 0 Å². The van der Waals surface area contributed by atoms with Crippen molar-refractivity contribution in [2.75, 3.05) is 0 Å². The van der Waals surface area contributed by atoms with Crippen molar-refractivity contribution in [1.29, 1.82) is 0 Å². The van der Waals surface area contributed by atoms with Crippen molar-refractivity contribution in [3.05, 3.63) is 12.2 Å². The fraction of sp³-hybridized carbons (Fsp3) is 0.600. The van der Waals surface area contributed by atoms with Crippen LogP contribution < -0.4 is 5.73 Å². The fourth-order valence-corrected chi connectivity index (χ4v) is 2.41. The molecule has 4 heteroatoms. The highest BCUT2D eigenvalue weighted by Gasteiger charge is 2.51. The van der Waals surface area contributed by atoms with Gasteiger partial charge in [0, 0.05) is 0 Å². The van der Waals surface area contributed by atoms with Gasteiger partial charge in [-0.3, -0.25) is 9.59 Å². The molecule has 0 aliphatic heterocycles. The first-order valence-corrected chi connectivity index (χ1v) is 4.75. The molecule has 3 aliphatic rings. The first-order valence-electron chi connectivity index (χ1n) is 4.75. The molecule has 0 radical (unpaired) electrons. The molecule has 2 bridgehead atoms. The number of carbonyl (C=O) groups is 2. The molecule has 76 valence electrons. The summed E-state index contributed by atoms with van der Waals surface area (Å²) in [5, 5.41) is 9.07. The number of fused-ring (bicyclic) bond motifs is 2. The first-order chi connectivity index (χ1) is 6.51. The van der Waals surface area contributed by atoms with Crippen LogP contribution in [0.5, 0.6) is 0 Å². The van der Waals surface area contributed by atoms with Gasteiger partial charge in [-0.2, -0.15) is 0 Å². The molecule has 1 amide bonds. The van der Waals surface area contributed by atoms with Gasteiger partial charge in [0.1, 0.15) is 0 Å². The Morgan fingerprint density at radius 1 is 1.07 bits per heavy atom. The normalized spacial score (nSPS) is 39.7. The molecule has 4 nitrogen and oxygen atoms in total. The first kappa shape index (κ1) is 9.24. The van der Waals surface area contributed by atoms with Crippen molar-refractivity contribution in [2.45, 2.75) is 25.7 Å². The molecule has 0 heterocycles. The summed E-state index contributed by atoms with van der Waals surface area (Å²) in [5.74, 6) is -1.11. The second-order valence-electron chi connectivity index (χ2n) is 4.32. The maximum atomic E-state index is 11.2. The van der Waals surface area contributed by atoms with Gasteiger partial charge in [0.25, 0.3) is 0 Å². The molecule has 0 unspecified atom stereocenters. The summed E-state index contributed by atoms with van der Waals surface area (Å²) < 4.78 is 0. The van der Waals surface area contributed by atoms with Crippen LogP contribution in [0.3, 0.4) is 0 Å². The summed E-state index contributed by atoms with van der Waals surface area (Å²) in [6.45, 7) is 0. The van der Waals surface area contributed by atoms with Crippen molar-refractivity contribution in [3.8, 4) is 0 Å². The SMILES string of the molecule is NC(=O)C12C=CC(C(=O)O)(CC1)CC2. The molecule has 14 heavy (non-hydrogen) atoms. The lowest BCUT2D eigenvalue weighted by Gasteiger charge is -2.44. The van der Waals surface area contributed by atoms with Crippen molar-refractivity contribution < 1.29 is 14.7 Å². The molecule has 1 fully saturated rings. The van der Waals surface area contributed by atoms with Gasteiger partial charge in [0.05, 0.1) is 10.8 Å². The van der Waals surface area contributed by atoms with Gasteiger partial charge in [-0.1, -0.05) is 12.2 Å². The minimum absolute atomic E-state index is 0.326. The molecule has 0 atom stereocenters. The van der Waals surface area contributed by atoms with E-state index in [4.69, 9.17) is 10.8 Å². The number of amides is 1. The standard InChI is InChI=1S/C10H13NO3/c11-7(12)9-1-4-10(5-2-9,6-3-9)8(13)14/h1,4H,2-3,5-6H2,(H2,11,12)(H,13,14). The van der Waals surface area contributed by atoms with Crippen LogP contribution in [-0.2, 0) is 9.59 Å². The zero-order valence-corrected chi connectivity index (χ0v) is 7.82. The van der Waals surface area contributed by atoms with E-state index in [9.17, 15) is 9.59 Å². The number of primary amides is 1. The van der Waals surface area contributed by atoms with E-state index in [1.54, 1.807) is 12.2 Å². The van der Waals surface area contributed by atoms with Crippen LogP contribution in [0.25, 0.3) is 0 Å². The average molecular weight is 195 g/mol. The van der Waals surface area contributed by atoms with E-state index in [2.05, 4.69) is 0 Å². The van der Waals surface area contributed by atoms with Gasteiger partial charge >= 0.3 is 5.97 Å². The number of nitrogens with two attached hydrogens (primary N) is 1. The van der Waals surface area contributed by atoms with Gasteiger partial charge in [-0.05, 0) is 25.7 Å². The fourth-order valence-electron chi connectivity index (χ4n) is 2.41. The molecule has 3 rings (SSSR count). The van der Waals surface area contributed by atoms with Crippen LogP contribution in [0.15, 0.2) is 12.2 Å². The maximum absolute atomic E-state index is 11.2. The average Bonchev–Trinajstić information content (AvgIpc) is 2.20. The number of carboxylic acid groups (broad SMARTS) is 1. The Balaban J connectivity index is 2.35. The van der Waals surface area contributed by atoms with Crippen molar-refractivity contribution in [3.63, 3.8) is 0 Å². The largest absolute Gasteiger partial charge is 0.481 e. The molecule has 0 saturated heterocycles. The summed E-state index contributed by atoms with van der Waals surface area (Å²) in [6.07, 6.45) is 5.57. The third-order valence-corrected chi connectivity index (χ3v) is 3.67. The van der Waals surface area contributed by atoms with Gasteiger partial charge in [-0.15, -0.1) is 0 Å². The van der Waals surface area contributed by atoms with Crippen LogP contribution >= 0.6 is 0 Å². The zero-order valence-electron chi connectivity index (χ0n) is 7.82. The van der Waals surface area contributed by atoms with E-state index in [0.29, 0.717) is 25.7 Å². The lowest BCUT2D eigenvalue weighted by Crippen LogP contribution is -2.47. The van der Waals surface area contributed by atoms with E-state index < -0.39 is 16.8 Å². The third-order valence-electron chi connectivity index (χ3n) is 3.67. The monoisotopic (exact) mass is 195 g/mol.